The van der Waals surface area contributed by atoms with Gasteiger partial charge in [0.1, 0.15) is 0 Å². The number of H-pyrrole nitrogens is 1. The molecule has 5 nitrogen and oxygen atoms in total. The Morgan fingerprint density at radius 1 is 1.04 bits per heavy atom. The number of aryl methyl sites for hydroxylation is 1. The van der Waals surface area contributed by atoms with Crippen LogP contribution in [0.2, 0.25) is 0 Å². The second-order valence-corrected chi connectivity index (χ2v) is 7.44. The zero-order valence-electron chi connectivity index (χ0n) is 15.5. The molecule has 0 amide bonds. The first-order valence-electron chi connectivity index (χ1n) is 9.22. The van der Waals surface area contributed by atoms with Crippen molar-refractivity contribution >= 4 is 10.9 Å². The molecule has 5 rings (SSSR count). The maximum absolute atomic E-state index is 4.35. The molecule has 4 aromatic rings. The summed E-state index contributed by atoms with van der Waals surface area (Å²) in [5.41, 5.74) is 8.16. The number of nitrogens with one attached hydrogen (secondary N) is 1. The lowest BCUT2D eigenvalue weighted by Crippen LogP contribution is -2.31. The van der Waals surface area contributed by atoms with Crippen molar-refractivity contribution in [3.63, 3.8) is 0 Å². The Morgan fingerprint density at radius 2 is 1.96 bits per heavy atom. The van der Waals surface area contributed by atoms with Crippen LogP contribution in [-0.4, -0.2) is 38.9 Å². The van der Waals surface area contributed by atoms with Gasteiger partial charge >= 0.3 is 0 Å². The third-order valence-corrected chi connectivity index (χ3v) is 5.41. The molecule has 27 heavy (non-hydrogen) atoms. The molecule has 0 radical (unpaired) electrons. The van der Waals surface area contributed by atoms with Crippen molar-refractivity contribution in [1.82, 2.24) is 25.3 Å². The van der Waals surface area contributed by atoms with Gasteiger partial charge in [-0.25, -0.2) is 0 Å². The summed E-state index contributed by atoms with van der Waals surface area (Å²) in [4.78, 5) is 2.38. The van der Waals surface area contributed by atoms with Gasteiger partial charge in [0, 0.05) is 30.0 Å². The summed E-state index contributed by atoms with van der Waals surface area (Å²) in [5.74, 6) is 0.351. The van der Waals surface area contributed by atoms with Gasteiger partial charge in [0.15, 0.2) is 0 Å². The van der Waals surface area contributed by atoms with Crippen molar-refractivity contribution in [2.24, 2.45) is 0 Å². The number of aromatic amines is 1. The van der Waals surface area contributed by atoms with Crippen molar-refractivity contribution in [2.45, 2.75) is 19.4 Å². The van der Waals surface area contributed by atoms with Crippen LogP contribution in [0.3, 0.4) is 0 Å². The van der Waals surface area contributed by atoms with Crippen molar-refractivity contribution in [2.75, 3.05) is 13.6 Å². The number of hydrogen-bond acceptors (Lipinski definition) is 4. The van der Waals surface area contributed by atoms with Gasteiger partial charge < -0.3 is 4.90 Å². The minimum absolute atomic E-state index is 0.351. The number of fused-ring (bicyclic) bond motifs is 2. The number of rotatable bonds is 2. The van der Waals surface area contributed by atoms with Gasteiger partial charge in [-0.1, -0.05) is 24.3 Å². The molecular weight excluding hydrogens is 334 g/mol. The average Bonchev–Trinajstić information content (AvgIpc) is 3.15. The quantitative estimate of drug-likeness (QED) is 0.592. The summed E-state index contributed by atoms with van der Waals surface area (Å²) in [7, 11) is 2.18. The molecule has 0 bridgehead atoms. The average molecular weight is 355 g/mol. The fourth-order valence-corrected chi connectivity index (χ4v) is 4.02. The molecule has 1 aliphatic rings. The maximum Gasteiger partial charge on any atom is 0.0929 e. The Kier molecular flexibility index (Phi) is 3.76. The Bertz CT molecular complexity index is 1110. The molecule has 0 saturated heterocycles. The number of aromatic nitrogens is 4. The van der Waals surface area contributed by atoms with Crippen LogP contribution in [0.1, 0.15) is 28.3 Å². The largest absolute Gasteiger partial charge is 0.301 e. The van der Waals surface area contributed by atoms with E-state index in [1.807, 2.05) is 25.3 Å². The molecule has 1 aliphatic heterocycles. The summed E-state index contributed by atoms with van der Waals surface area (Å²) >= 11 is 0. The van der Waals surface area contributed by atoms with Crippen LogP contribution in [0, 0.1) is 6.92 Å². The predicted molar refractivity (Wildman–Crippen MR) is 106 cm³/mol. The molecule has 134 valence electrons. The van der Waals surface area contributed by atoms with Crippen LogP contribution in [0.5, 0.6) is 0 Å². The third kappa shape index (κ3) is 2.90. The SMILES string of the molecule is Cc1ccc(-c2ccc3c(c2)CN(C)CC3c2ccc3cn[nH]c3c2)nn1. The highest BCUT2D eigenvalue weighted by molar-refractivity contribution is 5.78. The van der Waals surface area contributed by atoms with E-state index in [1.54, 1.807) is 0 Å². The lowest BCUT2D eigenvalue weighted by molar-refractivity contribution is 0.295. The van der Waals surface area contributed by atoms with E-state index >= 15 is 0 Å². The van der Waals surface area contributed by atoms with E-state index in [0.717, 1.165) is 40.9 Å². The summed E-state index contributed by atoms with van der Waals surface area (Å²) in [6, 6.07) is 17.4. The van der Waals surface area contributed by atoms with E-state index in [0.29, 0.717) is 5.92 Å². The summed E-state index contributed by atoms with van der Waals surface area (Å²) in [6.07, 6.45) is 1.87. The summed E-state index contributed by atoms with van der Waals surface area (Å²) < 4.78 is 0. The smallest absolute Gasteiger partial charge is 0.0929 e. The van der Waals surface area contributed by atoms with Gasteiger partial charge in [-0.05, 0) is 54.9 Å². The highest BCUT2D eigenvalue weighted by Gasteiger charge is 2.25. The second kappa shape index (κ2) is 6.28. The van der Waals surface area contributed by atoms with Crippen molar-refractivity contribution in [3.8, 4) is 11.3 Å². The molecule has 1 unspecified atom stereocenters. The fraction of sp³-hybridized carbons (Fsp3) is 0.227. The molecule has 1 N–H and O–H groups in total. The second-order valence-electron chi connectivity index (χ2n) is 7.44. The van der Waals surface area contributed by atoms with E-state index < -0.39 is 0 Å². The van der Waals surface area contributed by atoms with Gasteiger partial charge in [0.2, 0.25) is 0 Å². The molecule has 1 atom stereocenters. The molecule has 0 saturated carbocycles. The molecule has 2 aromatic heterocycles. The zero-order valence-corrected chi connectivity index (χ0v) is 15.5. The third-order valence-electron chi connectivity index (χ3n) is 5.41. The Hall–Kier alpha value is -3.05. The van der Waals surface area contributed by atoms with Crippen molar-refractivity contribution in [1.29, 1.82) is 0 Å². The minimum atomic E-state index is 0.351. The first kappa shape index (κ1) is 16.1. The normalized spacial score (nSPS) is 17.2. The maximum atomic E-state index is 4.35. The Balaban J connectivity index is 1.57. The first-order chi connectivity index (χ1) is 13.2. The highest BCUT2D eigenvalue weighted by atomic mass is 15.1. The molecule has 0 fully saturated rings. The standard InChI is InChI=1S/C22H21N5/c1-14-3-8-21(26-24-14)16-6-7-19-18(9-16)12-27(2)13-20(19)15-4-5-17-11-23-25-22(17)10-15/h3-11,20H,12-13H2,1-2H3,(H,23,25). The molecule has 2 aromatic carbocycles. The molecular formula is C22H21N5. The van der Waals surface area contributed by atoms with Gasteiger partial charge in [-0.15, -0.1) is 0 Å². The van der Waals surface area contributed by atoms with Crippen LogP contribution in [0.15, 0.2) is 54.7 Å². The topological polar surface area (TPSA) is 57.7 Å². The van der Waals surface area contributed by atoms with E-state index in [1.165, 1.54) is 16.7 Å². The molecule has 0 spiro atoms. The fourth-order valence-electron chi connectivity index (χ4n) is 4.02. The van der Waals surface area contributed by atoms with Crippen LogP contribution in [-0.2, 0) is 6.54 Å². The Labute approximate surface area is 158 Å². The number of nitrogens with zero attached hydrogens (tertiary/aromatic N) is 4. The van der Waals surface area contributed by atoms with Gasteiger partial charge in [-0.3, -0.25) is 5.10 Å². The summed E-state index contributed by atoms with van der Waals surface area (Å²) in [5, 5.41) is 16.9. The van der Waals surface area contributed by atoms with Crippen molar-refractivity contribution in [3.05, 3.63) is 77.1 Å². The van der Waals surface area contributed by atoms with Crippen LogP contribution in [0.25, 0.3) is 22.2 Å². The van der Waals surface area contributed by atoms with Gasteiger partial charge in [-0.2, -0.15) is 15.3 Å². The minimum Gasteiger partial charge on any atom is -0.301 e. The molecule has 5 heteroatoms. The molecule has 0 aliphatic carbocycles. The van der Waals surface area contributed by atoms with Crippen LogP contribution in [0.4, 0.5) is 0 Å². The van der Waals surface area contributed by atoms with E-state index in [9.17, 15) is 0 Å². The van der Waals surface area contributed by atoms with E-state index in [2.05, 4.69) is 68.7 Å². The van der Waals surface area contributed by atoms with Crippen LogP contribution < -0.4 is 0 Å². The van der Waals surface area contributed by atoms with Gasteiger partial charge in [0.25, 0.3) is 0 Å². The Morgan fingerprint density at radius 3 is 2.81 bits per heavy atom. The lowest BCUT2D eigenvalue weighted by Gasteiger charge is -2.33. The number of likely N-dealkylation sites (N-methyl/N-ethyl adjacent to an activating group) is 1. The predicted octanol–water partition coefficient (Wildman–Crippen LogP) is 3.91. The first-order valence-corrected chi connectivity index (χ1v) is 9.22. The van der Waals surface area contributed by atoms with Gasteiger partial charge in [0.05, 0.1) is 23.1 Å². The van der Waals surface area contributed by atoms with Crippen molar-refractivity contribution < 1.29 is 0 Å². The zero-order chi connectivity index (χ0) is 18.4. The van der Waals surface area contributed by atoms with E-state index in [-0.39, 0.29) is 0 Å². The summed E-state index contributed by atoms with van der Waals surface area (Å²) in [6.45, 7) is 3.92. The molecule has 3 heterocycles. The highest BCUT2D eigenvalue weighted by Crippen LogP contribution is 2.35. The number of hydrogen-bond donors (Lipinski definition) is 1. The monoisotopic (exact) mass is 355 g/mol. The lowest BCUT2D eigenvalue weighted by atomic mass is 9.83. The van der Waals surface area contributed by atoms with Crippen LogP contribution >= 0.6 is 0 Å². The number of benzene rings is 2. The van der Waals surface area contributed by atoms with E-state index in [4.69, 9.17) is 0 Å².